The van der Waals surface area contributed by atoms with Crippen molar-refractivity contribution in [3.05, 3.63) is 11.1 Å². The van der Waals surface area contributed by atoms with Gasteiger partial charge in [-0.25, -0.2) is 4.79 Å². The lowest BCUT2D eigenvalue weighted by Gasteiger charge is -2.58. The molecule has 188 valence electrons. The van der Waals surface area contributed by atoms with E-state index in [9.17, 15) is 24.9 Å². The zero-order valence-electron chi connectivity index (χ0n) is 20.5. The smallest absolute Gasteiger partial charge is 0.336 e. The van der Waals surface area contributed by atoms with Crippen molar-refractivity contribution in [2.45, 2.75) is 102 Å². The Kier molecular flexibility index (Phi) is 5.02. The molecule has 1 spiro atoms. The molecule has 11 atom stereocenters. The first kappa shape index (κ1) is 23.1. The number of ketones is 1. The molecule has 3 N–H and O–H groups in total. The number of rotatable bonds is 3. The molecule has 4 aliphatic carbocycles. The highest BCUT2D eigenvalue weighted by Crippen LogP contribution is 2.71. The summed E-state index contributed by atoms with van der Waals surface area (Å²) in [5.41, 5.74) is -1.28. The summed E-state index contributed by atoms with van der Waals surface area (Å²) in [4.78, 5) is 25.6. The van der Waals surface area contributed by atoms with Crippen molar-refractivity contribution in [1.29, 1.82) is 0 Å². The second-order valence-electron chi connectivity index (χ2n) is 12.4. The number of Topliss-reactive ketones (excluding diaryl/α,β-unsaturated/α-hetero) is 1. The van der Waals surface area contributed by atoms with Crippen LogP contribution in [0, 0.1) is 35.0 Å². The van der Waals surface area contributed by atoms with E-state index in [1.165, 1.54) is 0 Å². The highest BCUT2D eigenvalue weighted by atomic mass is 16.6. The molecule has 2 heterocycles. The van der Waals surface area contributed by atoms with Crippen LogP contribution in [0.2, 0.25) is 0 Å². The van der Waals surface area contributed by atoms with Gasteiger partial charge in [0.15, 0.2) is 17.0 Å². The molecule has 1 saturated heterocycles. The third-order valence-corrected chi connectivity index (χ3v) is 11.4. The molecular formula is C27H38O7. The van der Waals surface area contributed by atoms with Crippen molar-refractivity contribution < 1.29 is 34.4 Å². The topological polar surface area (TPSA) is 117 Å². The number of epoxide rings is 1. The average Bonchev–Trinajstić information content (AvgIpc) is 3.43. The van der Waals surface area contributed by atoms with Crippen LogP contribution in [-0.2, 0) is 19.1 Å². The number of ether oxygens (including phenoxy) is 2. The Balaban J connectivity index is 1.26. The fourth-order valence-electron chi connectivity index (χ4n) is 9.58. The summed E-state index contributed by atoms with van der Waals surface area (Å²) in [5, 5.41) is 32.2. The van der Waals surface area contributed by atoms with Gasteiger partial charge in [0.25, 0.3) is 0 Å². The van der Waals surface area contributed by atoms with Gasteiger partial charge < -0.3 is 24.8 Å². The minimum atomic E-state index is -1.56. The van der Waals surface area contributed by atoms with Crippen LogP contribution in [0.4, 0.5) is 0 Å². The van der Waals surface area contributed by atoms with Crippen molar-refractivity contribution in [3.8, 4) is 0 Å². The molecule has 5 fully saturated rings. The van der Waals surface area contributed by atoms with E-state index in [0.29, 0.717) is 30.3 Å². The second kappa shape index (κ2) is 7.37. The maximum absolute atomic E-state index is 13.1. The van der Waals surface area contributed by atoms with Gasteiger partial charge >= 0.3 is 5.97 Å². The Morgan fingerprint density at radius 3 is 2.62 bits per heavy atom. The zero-order chi connectivity index (χ0) is 24.2. The van der Waals surface area contributed by atoms with Crippen molar-refractivity contribution >= 4 is 11.8 Å². The molecule has 0 amide bonds. The fourth-order valence-corrected chi connectivity index (χ4v) is 9.58. The van der Waals surface area contributed by atoms with E-state index in [0.717, 1.165) is 37.7 Å². The molecule has 34 heavy (non-hydrogen) atoms. The number of hydrogen-bond acceptors (Lipinski definition) is 7. The summed E-state index contributed by atoms with van der Waals surface area (Å²) >= 11 is 0. The summed E-state index contributed by atoms with van der Waals surface area (Å²) in [5.74, 6) is 0.453. The Hall–Kier alpha value is -1.28. The van der Waals surface area contributed by atoms with Crippen LogP contribution >= 0.6 is 0 Å². The first-order valence-corrected chi connectivity index (χ1v) is 13.2. The van der Waals surface area contributed by atoms with Crippen LogP contribution in [0.15, 0.2) is 11.1 Å². The Morgan fingerprint density at radius 1 is 1.15 bits per heavy atom. The van der Waals surface area contributed by atoms with Crippen molar-refractivity contribution in [3.63, 3.8) is 0 Å². The van der Waals surface area contributed by atoms with Crippen LogP contribution < -0.4 is 0 Å². The number of hydrogen-bond donors (Lipinski definition) is 3. The highest BCUT2D eigenvalue weighted by Gasteiger charge is 2.82. The second-order valence-corrected chi connectivity index (χ2v) is 12.4. The number of aliphatic hydroxyl groups excluding tert-OH is 2. The third-order valence-electron chi connectivity index (χ3n) is 11.4. The van der Waals surface area contributed by atoms with Crippen LogP contribution in [0.5, 0.6) is 0 Å². The molecule has 0 bridgehead atoms. The van der Waals surface area contributed by atoms with Gasteiger partial charge in [0.1, 0.15) is 6.10 Å². The van der Waals surface area contributed by atoms with E-state index in [1.807, 2.05) is 6.92 Å². The molecule has 0 aromatic heterocycles. The number of esters is 1. The molecule has 0 unspecified atom stereocenters. The van der Waals surface area contributed by atoms with Crippen LogP contribution in [0.3, 0.4) is 0 Å². The lowest BCUT2D eigenvalue weighted by atomic mass is 9.47. The van der Waals surface area contributed by atoms with Crippen molar-refractivity contribution in [1.82, 2.24) is 0 Å². The van der Waals surface area contributed by atoms with E-state index in [2.05, 4.69) is 13.8 Å². The molecule has 7 heteroatoms. The number of carbonyl (C=O) groups is 2. The molecule has 0 aromatic carbocycles. The van der Waals surface area contributed by atoms with Crippen LogP contribution in [-0.4, -0.2) is 63.2 Å². The normalized spacial score (nSPS) is 52.8. The molecule has 0 aromatic rings. The number of aliphatic hydroxyl groups is 3. The van der Waals surface area contributed by atoms with Crippen molar-refractivity contribution in [2.75, 3.05) is 6.61 Å². The molecule has 6 aliphatic rings. The van der Waals surface area contributed by atoms with E-state index in [-0.39, 0.29) is 54.2 Å². The molecule has 7 nitrogen and oxygen atoms in total. The number of carbonyl (C=O) groups excluding carboxylic acids is 2. The van der Waals surface area contributed by atoms with Gasteiger partial charge in [-0.15, -0.1) is 0 Å². The van der Waals surface area contributed by atoms with Gasteiger partial charge in [0.2, 0.25) is 0 Å². The lowest BCUT2D eigenvalue weighted by Crippen LogP contribution is -2.70. The van der Waals surface area contributed by atoms with E-state index in [1.54, 1.807) is 0 Å². The zero-order valence-corrected chi connectivity index (χ0v) is 20.5. The SMILES string of the molecule is CC1=C(CO)C(=O)O[C@@H]([C@@H](C)[C@H]2CC[C@H]3[C@@H]4C[C@H]5O[C@]56[C@@H](O)CCC(=O)[C@]6(O)[C@H]4CC[C@]23C)C1. The maximum atomic E-state index is 13.1. The van der Waals surface area contributed by atoms with E-state index < -0.39 is 23.3 Å². The number of cyclic esters (lactones) is 1. The van der Waals surface area contributed by atoms with Crippen molar-refractivity contribution in [2.24, 2.45) is 35.0 Å². The first-order valence-electron chi connectivity index (χ1n) is 13.2. The molecule has 2 aliphatic heterocycles. The predicted octanol–water partition coefficient (Wildman–Crippen LogP) is 2.30. The van der Waals surface area contributed by atoms with Gasteiger partial charge in [-0.2, -0.15) is 0 Å². The lowest BCUT2D eigenvalue weighted by molar-refractivity contribution is -0.197. The third kappa shape index (κ3) is 2.67. The number of fused-ring (bicyclic) bond motifs is 4. The van der Waals surface area contributed by atoms with Gasteiger partial charge in [0, 0.05) is 18.8 Å². The minimum Gasteiger partial charge on any atom is -0.458 e. The van der Waals surface area contributed by atoms with Gasteiger partial charge in [-0.05, 0) is 74.5 Å². The quantitative estimate of drug-likeness (QED) is 0.424. The molecule has 6 rings (SSSR count). The Bertz CT molecular complexity index is 959. The van der Waals surface area contributed by atoms with E-state index >= 15 is 0 Å². The summed E-state index contributed by atoms with van der Waals surface area (Å²) in [6.07, 6.45) is 4.62. The molecular weight excluding hydrogens is 436 g/mol. The molecule has 0 radical (unpaired) electrons. The minimum absolute atomic E-state index is 0.0451. The fraction of sp³-hybridized carbons (Fsp3) is 0.852. The monoisotopic (exact) mass is 474 g/mol. The average molecular weight is 475 g/mol. The summed E-state index contributed by atoms with van der Waals surface area (Å²) in [6, 6.07) is 0. The van der Waals surface area contributed by atoms with Gasteiger partial charge in [-0.3, -0.25) is 4.79 Å². The Labute approximate surface area is 200 Å². The summed E-state index contributed by atoms with van der Waals surface area (Å²) in [7, 11) is 0. The highest BCUT2D eigenvalue weighted by molar-refractivity contribution is 5.91. The Morgan fingerprint density at radius 2 is 1.91 bits per heavy atom. The predicted molar refractivity (Wildman–Crippen MR) is 121 cm³/mol. The largest absolute Gasteiger partial charge is 0.458 e. The van der Waals surface area contributed by atoms with E-state index in [4.69, 9.17) is 9.47 Å². The maximum Gasteiger partial charge on any atom is 0.336 e. The first-order chi connectivity index (χ1) is 16.1. The summed E-state index contributed by atoms with van der Waals surface area (Å²) in [6.45, 7) is 6.20. The van der Waals surface area contributed by atoms with Crippen LogP contribution in [0.25, 0.3) is 0 Å². The van der Waals surface area contributed by atoms with Crippen LogP contribution in [0.1, 0.15) is 72.1 Å². The standard InChI is InChI=1S/C27H38O7/c1-13-10-20(33-24(31)16(13)12-28)14(2)17-4-5-18-15-11-23-27(34-23)22(30)7-6-21(29)26(27,32)19(15)8-9-25(17,18)3/h14-15,17-20,22-23,28,30,32H,4-12H2,1-3H3/t14-,15-,17+,18-,19-,20+,22-,23+,25+,26+,27+/m0/s1. The summed E-state index contributed by atoms with van der Waals surface area (Å²) < 4.78 is 11.9. The van der Waals surface area contributed by atoms with Gasteiger partial charge in [-0.1, -0.05) is 19.4 Å². The molecule has 4 saturated carbocycles. The van der Waals surface area contributed by atoms with Gasteiger partial charge in [0.05, 0.1) is 24.4 Å².